The second-order valence-electron chi connectivity index (χ2n) is 4.38. The third kappa shape index (κ3) is 3.09. The molecule has 0 bridgehead atoms. The highest BCUT2D eigenvalue weighted by Gasteiger charge is 2.06. The van der Waals surface area contributed by atoms with Crippen LogP contribution in [0.4, 0.5) is 5.95 Å². The average Bonchev–Trinajstić information content (AvgIpc) is 2.89. The number of nitrogens with zero attached hydrogens (tertiary/aromatic N) is 4. The number of aliphatic imine (C=N–C) groups is 1. The Morgan fingerprint density at radius 1 is 1.19 bits per heavy atom. The van der Waals surface area contributed by atoms with Gasteiger partial charge in [0.15, 0.2) is 0 Å². The van der Waals surface area contributed by atoms with Gasteiger partial charge in [0.25, 0.3) is 0 Å². The summed E-state index contributed by atoms with van der Waals surface area (Å²) in [4.78, 5) is 12.7. The topological polar surface area (TPSA) is 69.1 Å². The quantitative estimate of drug-likeness (QED) is 0.596. The average molecular weight is 298 g/mol. The number of benzene rings is 1. The molecule has 2 heterocycles. The van der Waals surface area contributed by atoms with E-state index in [0.29, 0.717) is 11.0 Å². The molecule has 0 radical (unpaired) electrons. The molecule has 3 aromatic rings. The standard InChI is InChI=1S/C15H12ClN5/c16-13-5-3-11(4-6-13)8-19-15-20-14(10-21(15)17)12-2-1-7-18-9-12/h1-10H,17H2. The molecule has 0 saturated heterocycles. The van der Waals surface area contributed by atoms with Crippen molar-refractivity contribution in [1.29, 1.82) is 0 Å². The summed E-state index contributed by atoms with van der Waals surface area (Å²) in [7, 11) is 0. The normalized spacial score (nSPS) is 11.1. The minimum absolute atomic E-state index is 0.420. The Hall–Kier alpha value is -2.66. The molecule has 0 spiro atoms. The predicted octanol–water partition coefficient (Wildman–Crippen LogP) is 3.06. The Bertz CT molecular complexity index is 763. The molecule has 0 aliphatic heterocycles. The molecule has 1 aromatic carbocycles. The van der Waals surface area contributed by atoms with Crippen LogP contribution >= 0.6 is 11.6 Å². The second kappa shape index (κ2) is 5.76. The first kappa shape index (κ1) is 13.3. The smallest absolute Gasteiger partial charge is 0.248 e. The summed E-state index contributed by atoms with van der Waals surface area (Å²) in [5.41, 5.74) is 2.55. The van der Waals surface area contributed by atoms with Gasteiger partial charge in [0.05, 0.1) is 11.9 Å². The maximum atomic E-state index is 5.87. The first-order valence-corrected chi connectivity index (χ1v) is 6.65. The van der Waals surface area contributed by atoms with Crippen molar-refractivity contribution < 1.29 is 0 Å². The predicted molar refractivity (Wildman–Crippen MR) is 84.3 cm³/mol. The van der Waals surface area contributed by atoms with Gasteiger partial charge in [-0.25, -0.2) is 14.7 Å². The van der Waals surface area contributed by atoms with Crippen molar-refractivity contribution in [2.24, 2.45) is 4.99 Å². The van der Waals surface area contributed by atoms with Crippen LogP contribution in [0.25, 0.3) is 11.3 Å². The van der Waals surface area contributed by atoms with Gasteiger partial charge in [-0.1, -0.05) is 23.7 Å². The molecule has 0 unspecified atom stereocenters. The van der Waals surface area contributed by atoms with E-state index in [-0.39, 0.29) is 0 Å². The van der Waals surface area contributed by atoms with Crippen molar-refractivity contribution in [3.63, 3.8) is 0 Å². The van der Waals surface area contributed by atoms with Crippen molar-refractivity contribution in [3.8, 4) is 11.3 Å². The van der Waals surface area contributed by atoms with Crippen LogP contribution in [0, 0.1) is 0 Å². The van der Waals surface area contributed by atoms with Crippen LogP contribution in [-0.4, -0.2) is 20.9 Å². The van der Waals surface area contributed by atoms with E-state index in [0.717, 1.165) is 16.8 Å². The zero-order valence-corrected chi connectivity index (χ0v) is 11.8. The number of pyridine rings is 1. The Kier molecular flexibility index (Phi) is 3.66. The lowest BCUT2D eigenvalue weighted by Crippen LogP contribution is -2.05. The minimum atomic E-state index is 0.420. The van der Waals surface area contributed by atoms with E-state index in [4.69, 9.17) is 17.4 Å². The van der Waals surface area contributed by atoms with Gasteiger partial charge >= 0.3 is 0 Å². The first-order valence-electron chi connectivity index (χ1n) is 6.27. The Morgan fingerprint density at radius 3 is 2.71 bits per heavy atom. The largest absolute Gasteiger partial charge is 0.336 e. The molecular weight excluding hydrogens is 286 g/mol. The molecule has 2 N–H and O–H groups in total. The summed E-state index contributed by atoms with van der Waals surface area (Å²) in [5.74, 6) is 6.29. The highest BCUT2D eigenvalue weighted by Crippen LogP contribution is 2.19. The van der Waals surface area contributed by atoms with Crippen molar-refractivity contribution in [3.05, 3.63) is 65.6 Å². The third-order valence-electron chi connectivity index (χ3n) is 2.87. The van der Waals surface area contributed by atoms with Crippen LogP contribution in [0.1, 0.15) is 5.56 Å². The van der Waals surface area contributed by atoms with Gasteiger partial charge in [0.2, 0.25) is 5.95 Å². The summed E-state index contributed by atoms with van der Waals surface area (Å²) in [6.45, 7) is 0. The molecule has 5 nitrogen and oxygen atoms in total. The Labute approximate surface area is 126 Å². The molecule has 2 aromatic heterocycles. The van der Waals surface area contributed by atoms with E-state index in [1.54, 1.807) is 36.9 Å². The third-order valence-corrected chi connectivity index (χ3v) is 3.12. The second-order valence-corrected chi connectivity index (χ2v) is 4.82. The summed E-state index contributed by atoms with van der Waals surface area (Å²) in [6.07, 6.45) is 6.85. The summed E-state index contributed by atoms with van der Waals surface area (Å²) < 4.78 is 1.38. The van der Waals surface area contributed by atoms with Crippen molar-refractivity contribution in [2.75, 3.05) is 5.84 Å². The molecule has 0 atom stereocenters. The van der Waals surface area contributed by atoms with Gasteiger partial charge in [0, 0.05) is 29.2 Å². The molecule has 0 aliphatic rings. The van der Waals surface area contributed by atoms with Gasteiger partial charge in [-0.05, 0) is 29.8 Å². The Morgan fingerprint density at radius 2 is 2.00 bits per heavy atom. The fraction of sp³-hybridized carbons (Fsp3) is 0. The minimum Gasteiger partial charge on any atom is -0.336 e. The zero-order valence-electron chi connectivity index (χ0n) is 11.0. The molecule has 21 heavy (non-hydrogen) atoms. The van der Waals surface area contributed by atoms with Gasteiger partial charge < -0.3 is 5.84 Å². The van der Waals surface area contributed by atoms with E-state index in [9.17, 15) is 0 Å². The fourth-order valence-electron chi connectivity index (χ4n) is 1.81. The van der Waals surface area contributed by atoms with Gasteiger partial charge in [-0.2, -0.15) is 0 Å². The number of nitrogens with two attached hydrogens (primary N) is 1. The summed E-state index contributed by atoms with van der Waals surface area (Å²) in [6, 6.07) is 11.1. The monoisotopic (exact) mass is 297 g/mol. The number of rotatable bonds is 3. The van der Waals surface area contributed by atoms with Gasteiger partial charge in [0.1, 0.15) is 0 Å². The number of aromatic nitrogens is 3. The van der Waals surface area contributed by atoms with Crippen molar-refractivity contribution >= 4 is 23.8 Å². The van der Waals surface area contributed by atoms with Crippen molar-refractivity contribution in [2.45, 2.75) is 0 Å². The Balaban J connectivity index is 1.86. The molecule has 104 valence electrons. The number of hydrogen-bond donors (Lipinski definition) is 1. The van der Waals surface area contributed by atoms with Crippen LogP contribution in [0.5, 0.6) is 0 Å². The van der Waals surface area contributed by atoms with Gasteiger partial charge in [-0.15, -0.1) is 0 Å². The van der Waals surface area contributed by atoms with Crippen LogP contribution in [0.3, 0.4) is 0 Å². The van der Waals surface area contributed by atoms with E-state index >= 15 is 0 Å². The van der Waals surface area contributed by atoms with Crippen LogP contribution in [0.15, 0.2) is 60.0 Å². The molecule has 0 amide bonds. The van der Waals surface area contributed by atoms with Crippen LogP contribution in [-0.2, 0) is 0 Å². The number of hydrogen-bond acceptors (Lipinski definition) is 4. The van der Waals surface area contributed by atoms with Crippen LogP contribution in [0.2, 0.25) is 5.02 Å². The number of nitrogen functional groups attached to an aromatic ring is 1. The number of imidazole rings is 1. The number of halogens is 1. The van der Waals surface area contributed by atoms with E-state index in [1.807, 2.05) is 24.3 Å². The van der Waals surface area contributed by atoms with Crippen molar-refractivity contribution in [1.82, 2.24) is 14.6 Å². The van der Waals surface area contributed by atoms with E-state index in [1.165, 1.54) is 4.68 Å². The maximum absolute atomic E-state index is 5.87. The van der Waals surface area contributed by atoms with Gasteiger partial charge in [-0.3, -0.25) is 4.98 Å². The molecule has 0 fully saturated rings. The summed E-state index contributed by atoms with van der Waals surface area (Å²) in [5, 5.41) is 0.686. The molecule has 3 rings (SSSR count). The maximum Gasteiger partial charge on any atom is 0.248 e. The lowest BCUT2D eigenvalue weighted by molar-refractivity contribution is 0.993. The van der Waals surface area contributed by atoms with Crippen LogP contribution < -0.4 is 5.84 Å². The lowest BCUT2D eigenvalue weighted by Gasteiger charge is -1.94. The zero-order chi connectivity index (χ0) is 14.7. The highest BCUT2D eigenvalue weighted by molar-refractivity contribution is 6.30. The molecule has 0 aliphatic carbocycles. The molecule has 0 saturated carbocycles. The fourth-order valence-corrected chi connectivity index (χ4v) is 1.94. The molecule has 6 heteroatoms. The lowest BCUT2D eigenvalue weighted by atomic mass is 10.2. The van der Waals surface area contributed by atoms with E-state index in [2.05, 4.69) is 15.0 Å². The van der Waals surface area contributed by atoms with E-state index < -0.39 is 0 Å². The first-order chi connectivity index (χ1) is 10.2. The SMILES string of the molecule is Nn1cc(-c2cccnc2)nc1N=Cc1ccc(Cl)cc1. The summed E-state index contributed by atoms with van der Waals surface area (Å²) >= 11 is 5.84. The molecular formula is C15H12ClN5. The highest BCUT2D eigenvalue weighted by atomic mass is 35.5.